The van der Waals surface area contributed by atoms with Crippen LogP contribution in [0.15, 0.2) is 78.9 Å². The highest BCUT2D eigenvalue weighted by Gasteiger charge is 2.21. The SMILES string of the molecule is O=C(Cn1c(COc2ccccc2)nc2ccccc21)NC[C@H]1COc2ccccc2O1. The first-order chi connectivity index (χ1) is 15.8. The van der Waals surface area contributed by atoms with Gasteiger partial charge in [0.05, 0.1) is 17.6 Å². The number of fused-ring (bicyclic) bond motifs is 2. The number of benzene rings is 3. The van der Waals surface area contributed by atoms with Crippen LogP contribution in [0.4, 0.5) is 0 Å². The van der Waals surface area contributed by atoms with Gasteiger partial charge >= 0.3 is 0 Å². The number of rotatable bonds is 7. The molecule has 0 bridgehead atoms. The van der Waals surface area contributed by atoms with E-state index in [2.05, 4.69) is 10.3 Å². The molecule has 7 heteroatoms. The van der Waals surface area contributed by atoms with Crippen LogP contribution in [0.1, 0.15) is 5.82 Å². The summed E-state index contributed by atoms with van der Waals surface area (Å²) in [7, 11) is 0. The van der Waals surface area contributed by atoms with Gasteiger partial charge in [-0.05, 0) is 36.4 Å². The molecule has 1 atom stereocenters. The molecule has 0 fully saturated rings. The molecule has 1 N–H and O–H groups in total. The number of imidazole rings is 1. The van der Waals surface area contributed by atoms with Crippen molar-refractivity contribution in [2.24, 2.45) is 0 Å². The quantitative estimate of drug-likeness (QED) is 0.486. The third-order valence-electron chi connectivity index (χ3n) is 5.24. The van der Waals surface area contributed by atoms with E-state index in [1.54, 1.807) is 0 Å². The molecule has 0 saturated carbocycles. The highest BCUT2D eigenvalue weighted by atomic mass is 16.6. The second kappa shape index (κ2) is 9.01. The first-order valence-electron chi connectivity index (χ1n) is 10.5. The van der Waals surface area contributed by atoms with Gasteiger partial charge in [0.2, 0.25) is 5.91 Å². The average Bonchev–Trinajstić information content (AvgIpc) is 3.19. The van der Waals surface area contributed by atoms with Crippen molar-refractivity contribution in [3.05, 3.63) is 84.7 Å². The van der Waals surface area contributed by atoms with E-state index >= 15 is 0 Å². The van der Waals surface area contributed by atoms with Crippen molar-refractivity contribution in [3.8, 4) is 17.2 Å². The Bertz CT molecular complexity index is 1220. The maximum atomic E-state index is 12.8. The van der Waals surface area contributed by atoms with Gasteiger partial charge in [0, 0.05) is 0 Å². The topological polar surface area (TPSA) is 74.6 Å². The van der Waals surface area contributed by atoms with Crippen LogP contribution in [0.5, 0.6) is 17.2 Å². The lowest BCUT2D eigenvalue weighted by Gasteiger charge is -2.26. The Morgan fingerprint density at radius 3 is 2.62 bits per heavy atom. The van der Waals surface area contributed by atoms with Crippen LogP contribution < -0.4 is 19.5 Å². The molecule has 4 aromatic rings. The average molecular weight is 429 g/mol. The Hall–Kier alpha value is -4.00. The summed E-state index contributed by atoms with van der Waals surface area (Å²) in [6.45, 7) is 1.15. The van der Waals surface area contributed by atoms with Crippen molar-refractivity contribution in [2.45, 2.75) is 19.3 Å². The third-order valence-corrected chi connectivity index (χ3v) is 5.24. The van der Waals surface area contributed by atoms with E-state index in [0.717, 1.165) is 22.5 Å². The van der Waals surface area contributed by atoms with Crippen LogP contribution >= 0.6 is 0 Å². The number of nitrogens with one attached hydrogen (secondary N) is 1. The maximum absolute atomic E-state index is 12.8. The van der Waals surface area contributed by atoms with Crippen LogP contribution in [0.3, 0.4) is 0 Å². The van der Waals surface area contributed by atoms with Crippen molar-refractivity contribution in [1.29, 1.82) is 0 Å². The van der Waals surface area contributed by atoms with Crippen molar-refractivity contribution < 1.29 is 19.0 Å². The zero-order valence-corrected chi connectivity index (χ0v) is 17.4. The Morgan fingerprint density at radius 1 is 1.00 bits per heavy atom. The summed E-state index contributed by atoms with van der Waals surface area (Å²) in [6.07, 6.45) is -0.241. The summed E-state index contributed by atoms with van der Waals surface area (Å²) >= 11 is 0. The fourth-order valence-electron chi connectivity index (χ4n) is 3.67. The molecule has 1 aromatic heterocycles. The van der Waals surface area contributed by atoms with Crippen LogP contribution in [0.25, 0.3) is 11.0 Å². The van der Waals surface area contributed by atoms with Gasteiger partial charge in [0.25, 0.3) is 0 Å². The van der Waals surface area contributed by atoms with Crippen molar-refractivity contribution >= 4 is 16.9 Å². The summed E-state index contributed by atoms with van der Waals surface area (Å²) in [5.74, 6) is 2.74. The molecule has 0 saturated heterocycles. The Balaban J connectivity index is 1.25. The summed E-state index contributed by atoms with van der Waals surface area (Å²) in [5.41, 5.74) is 1.72. The normalized spacial score (nSPS) is 14.8. The second-order valence-corrected chi connectivity index (χ2v) is 7.51. The predicted molar refractivity (Wildman–Crippen MR) is 120 cm³/mol. The first-order valence-corrected chi connectivity index (χ1v) is 10.5. The van der Waals surface area contributed by atoms with E-state index in [4.69, 9.17) is 14.2 Å². The number of para-hydroxylation sites is 5. The minimum atomic E-state index is -0.241. The molecule has 0 aliphatic carbocycles. The lowest BCUT2D eigenvalue weighted by molar-refractivity contribution is -0.122. The number of carbonyl (C=O) groups excluding carboxylic acids is 1. The summed E-state index contributed by atoms with van der Waals surface area (Å²) in [6, 6.07) is 24.8. The van der Waals surface area contributed by atoms with Crippen molar-refractivity contribution in [2.75, 3.05) is 13.2 Å². The number of hydrogen-bond donors (Lipinski definition) is 1. The Labute approximate surface area is 185 Å². The molecule has 0 spiro atoms. The first kappa shape index (κ1) is 19.9. The molecule has 0 unspecified atom stereocenters. The molecule has 0 radical (unpaired) electrons. The Kier molecular flexibility index (Phi) is 5.61. The molecule has 7 nitrogen and oxygen atoms in total. The molecule has 1 aliphatic rings. The minimum Gasteiger partial charge on any atom is -0.486 e. The molecular formula is C25H23N3O4. The molecule has 2 heterocycles. The fourth-order valence-corrected chi connectivity index (χ4v) is 3.67. The van der Waals surface area contributed by atoms with Gasteiger partial charge in [-0.1, -0.05) is 42.5 Å². The summed E-state index contributed by atoms with van der Waals surface area (Å²) in [4.78, 5) is 17.4. The summed E-state index contributed by atoms with van der Waals surface area (Å²) < 4.78 is 19.4. The number of hydrogen-bond acceptors (Lipinski definition) is 5. The highest BCUT2D eigenvalue weighted by Crippen LogP contribution is 2.30. The number of ether oxygens (including phenoxy) is 3. The van der Waals surface area contributed by atoms with E-state index in [9.17, 15) is 4.79 Å². The minimum absolute atomic E-state index is 0.128. The fraction of sp³-hybridized carbons (Fsp3) is 0.200. The van der Waals surface area contributed by atoms with Crippen molar-refractivity contribution in [3.63, 3.8) is 0 Å². The molecule has 1 aliphatic heterocycles. The second-order valence-electron chi connectivity index (χ2n) is 7.51. The van der Waals surface area contributed by atoms with Crippen LogP contribution in [-0.4, -0.2) is 34.7 Å². The molecule has 1 amide bonds. The Morgan fingerprint density at radius 2 is 1.75 bits per heavy atom. The predicted octanol–water partition coefficient (Wildman–Crippen LogP) is 3.57. The highest BCUT2D eigenvalue weighted by molar-refractivity contribution is 5.81. The van der Waals surface area contributed by atoms with Crippen LogP contribution in [0.2, 0.25) is 0 Å². The third kappa shape index (κ3) is 4.37. The van der Waals surface area contributed by atoms with Gasteiger partial charge in [-0.15, -0.1) is 0 Å². The number of aromatic nitrogens is 2. The standard InChI is InChI=1S/C25H23N3O4/c29-25(26-14-19-16-31-22-12-6-7-13-23(22)32-19)15-28-21-11-5-4-10-20(21)27-24(28)17-30-18-8-2-1-3-9-18/h1-13,19H,14-17H2,(H,26,29)/t19-/m0/s1. The smallest absolute Gasteiger partial charge is 0.240 e. The van der Waals surface area contributed by atoms with Crippen LogP contribution in [0, 0.1) is 0 Å². The van der Waals surface area contributed by atoms with E-state index in [0.29, 0.717) is 24.7 Å². The van der Waals surface area contributed by atoms with Gasteiger partial charge in [0.15, 0.2) is 11.5 Å². The molecule has 5 rings (SSSR count). The largest absolute Gasteiger partial charge is 0.486 e. The molecule has 3 aromatic carbocycles. The van der Waals surface area contributed by atoms with Gasteiger partial charge in [-0.3, -0.25) is 4.79 Å². The van der Waals surface area contributed by atoms with Gasteiger partial charge < -0.3 is 24.1 Å². The van der Waals surface area contributed by atoms with Crippen LogP contribution in [-0.2, 0) is 17.9 Å². The van der Waals surface area contributed by atoms with E-state index in [-0.39, 0.29) is 25.2 Å². The zero-order valence-electron chi connectivity index (χ0n) is 17.4. The number of amides is 1. The lowest BCUT2D eigenvalue weighted by atomic mass is 10.2. The molecule has 32 heavy (non-hydrogen) atoms. The van der Waals surface area contributed by atoms with Gasteiger partial charge in [0.1, 0.15) is 37.4 Å². The maximum Gasteiger partial charge on any atom is 0.240 e. The zero-order chi connectivity index (χ0) is 21.8. The summed E-state index contributed by atoms with van der Waals surface area (Å²) in [5, 5.41) is 2.95. The van der Waals surface area contributed by atoms with Crippen molar-refractivity contribution in [1.82, 2.24) is 14.9 Å². The monoisotopic (exact) mass is 429 g/mol. The van der Waals surface area contributed by atoms with E-state index in [1.165, 1.54) is 0 Å². The lowest BCUT2D eigenvalue weighted by Crippen LogP contribution is -2.41. The number of nitrogens with zero attached hydrogens (tertiary/aromatic N) is 2. The number of carbonyl (C=O) groups is 1. The van der Waals surface area contributed by atoms with Gasteiger partial charge in [-0.25, -0.2) is 4.98 Å². The van der Waals surface area contributed by atoms with Gasteiger partial charge in [-0.2, -0.15) is 0 Å². The molecule has 162 valence electrons. The van der Waals surface area contributed by atoms with E-state index < -0.39 is 0 Å². The van der Waals surface area contributed by atoms with E-state index in [1.807, 2.05) is 83.4 Å². The molecular weight excluding hydrogens is 406 g/mol.